The molecule has 2 aromatic rings. The van der Waals surface area contributed by atoms with Crippen LogP contribution in [0.5, 0.6) is 0 Å². The lowest BCUT2D eigenvalue weighted by Gasteiger charge is -2.33. The number of hydrogen-bond donors (Lipinski definition) is 1. The van der Waals surface area contributed by atoms with E-state index in [1.54, 1.807) is 0 Å². The summed E-state index contributed by atoms with van der Waals surface area (Å²) >= 11 is 0. The first-order valence-electron chi connectivity index (χ1n) is 8.46. The van der Waals surface area contributed by atoms with E-state index in [4.69, 9.17) is 9.47 Å². The second-order valence-corrected chi connectivity index (χ2v) is 6.18. The average Bonchev–Trinajstić information content (AvgIpc) is 2.64. The van der Waals surface area contributed by atoms with Crippen molar-refractivity contribution >= 4 is 0 Å². The van der Waals surface area contributed by atoms with Gasteiger partial charge in [-0.1, -0.05) is 60.7 Å². The van der Waals surface area contributed by atoms with Crippen molar-refractivity contribution in [1.29, 1.82) is 0 Å². The topological polar surface area (TPSA) is 30.5 Å². The van der Waals surface area contributed by atoms with Gasteiger partial charge < -0.3 is 14.8 Å². The molecule has 0 aromatic heterocycles. The first kappa shape index (κ1) is 17.1. The van der Waals surface area contributed by atoms with Crippen LogP contribution in [0.25, 0.3) is 0 Å². The molecule has 3 atom stereocenters. The van der Waals surface area contributed by atoms with Gasteiger partial charge in [-0.15, -0.1) is 0 Å². The highest BCUT2D eigenvalue weighted by atomic mass is 19.1. The number of benzene rings is 2. The maximum absolute atomic E-state index is 14.1. The lowest BCUT2D eigenvalue weighted by molar-refractivity contribution is -0.0822. The molecule has 0 spiro atoms. The second kappa shape index (κ2) is 8.92. The Kier molecular flexibility index (Phi) is 6.35. The molecule has 0 unspecified atom stereocenters. The Morgan fingerprint density at radius 3 is 2.38 bits per heavy atom. The standard InChI is InChI=1S/C20H24FNO2/c21-19-15-24-18(14-23-13-17-9-5-2-6-10-17)11-20(19)22-12-16-7-3-1-4-8-16/h1-10,18-20,22H,11-15H2/t18-,19+,20-/m1/s1. The lowest BCUT2D eigenvalue weighted by Crippen LogP contribution is -2.48. The predicted molar refractivity (Wildman–Crippen MR) is 92.4 cm³/mol. The van der Waals surface area contributed by atoms with E-state index in [2.05, 4.69) is 5.32 Å². The van der Waals surface area contributed by atoms with Crippen LogP contribution in [0.4, 0.5) is 4.39 Å². The highest BCUT2D eigenvalue weighted by Crippen LogP contribution is 2.18. The van der Waals surface area contributed by atoms with Crippen LogP contribution in [-0.2, 0) is 22.6 Å². The number of hydrogen-bond acceptors (Lipinski definition) is 3. The van der Waals surface area contributed by atoms with Crippen molar-refractivity contribution in [3.63, 3.8) is 0 Å². The molecule has 3 nitrogen and oxygen atoms in total. The molecule has 128 valence electrons. The molecule has 1 heterocycles. The fraction of sp³-hybridized carbons (Fsp3) is 0.400. The van der Waals surface area contributed by atoms with Crippen molar-refractivity contribution in [3.05, 3.63) is 71.8 Å². The fourth-order valence-corrected chi connectivity index (χ4v) is 2.90. The van der Waals surface area contributed by atoms with Crippen molar-refractivity contribution in [1.82, 2.24) is 5.32 Å². The minimum absolute atomic E-state index is 0.0611. The molecule has 4 heteroatoms. The van der Waals surface area contributed by atoms with E-state index in [1.807, 2.05) is 60.7 Å². The summed E-state index contributed by atoms with van der Waals surface area (Å²) in [6.45, 7) is 1.85. The largest absolute Gasteiger partial charge is 0.374 e. The average molecular weight is 329 g/mol. The Labute approximate surface area is 142 Å². The molecule has 0 amide bonds. The molecule has 0 saturated carbocycles. The number of alkyl halides is 1. The molecule has 1 N–H and O–H groups in total. The SMILES string of the molecule is F[C@H]1CO[C@@H](COCc2ccccc2)C[C@H]1NCc1ccccc1. The van der Waals surface area contributed by atoms with Gasteiger partial charge in [0.2, 0.25) is 0 Å². The summed E-state index contributed by atoms with van der Waals surface area (Å²) in [7, 11) is 0. The number of ether oxygens (including phenoxy) is 2. The van der Waals surface area contributed by atoms with Gasteiger partial charge >= 0.3 is 0 Å². The van der Waals surface area contributed by atoms with Gasteiger partial charge in [-0.3, -0.25) is 0 Å². The number of halogens is 1. The zero-order valence-corrected chi connectivity index (χ0v) is 13.7. The van der Waals surface area contributed by atoms with Crippen LogP contribution < -0.4 is 5.32 Å². The molecule has 0 bridgehead atoms. The van der Waals surface area contributed by atoms with E-state index in [1.165, 1.54) is 0 Å². The first-order chi connectivity index (χ1) is 11.8. The van der Waals surface area contributed by atoms with E-state index in [0.717, 1.165) is 11.1 Å². The summed E-state index contributed by atoms with van der Waals surface area (Å²) in [5.41, 5.74) is 2.29. The maximum Gasteiger partial charge on any atom is 0.139 e. The zero-order valence-electron chi connectivity index (χ0n) is 13.7. The van der Waals surface area contributed by atoms with Crippen LogP contribution >= 0.6 is 0 Å². The minimum Gasteiger partial charge on any atom is -0.374 e. The van der Waals surface area contributed by atoms with Gasteiger partial charge in [0.15, 0.2) is 0 Å². The lowest BCUT2D eigenvalue weighted by atomic mass is 10.0. The van der Waals surface area contributed by atoms with E-state index >= 15 is 0 Å². The van der Waals surface area contributed by atoms with Crippen molar-refractivity contribution in [2.24, 2.45) is 0 Å². The normalized spacial score (nSPS) is 24.0. The van der Waals surface area contributed by atoms with Crippen molar-refractivity contribution < 1.29 is 13.9 Å². The highest BCUT2D eigenvalue weighted by Gasteiger charge is 2.31. The molecular weight excluding hydrogens is 305 g/mol. The van der Waals surface area contributed by atoms with E-state index in [9.17, 15) is 4.39 Å². The predicted octanol–water partition coefficient (Wildman–Crippen LogP) is 3.49. The fourth-order valence-electron chi connectivity index (χ4n) is 2.90. The van der Waals surface area contributed by atoms with Gasteiger partial charge in [-0.2, -0.15) is 0 Å². The Hall–Kier alpha value is -1.75. The zero-order chi connectivity index (χ0) is 16.6. The second-order valence-electron chi connectivity index (χ2n) is 6.18. The Morgan fingerprint density at radius 1 is 1.00 bits per heavy atom. The van der Waals surface area contributed by atoms with Crippen LogP contribution in [-0.4, -0.2) is 31.5 Å². The molecule has 24 heavy (non-hydrogen) atoms. The van der Waals surface area contributed by atoms with Crippen LogP contribution in [0.3, 0.4) is 0 Å². The first-order valence-corrected chi connectivity index (χ1v) is 8.46. The van der Waals surface area contributed by atoms with Crippen molar-refractivity contribution in [3.8, 4) is 0 Å². The van der Waals surface area contributed by atoms with Gasteiger partial charge in [0.1, 0.15) is 6.17 Å². The molecule has 1 aliphatic heterocycles. The van der Waals surface area contributed by atoms with Crippen molar-refractivity contribution in [2.45, 2.75) is 37.9 Å². The highest BCUT2D eigenvalue weighted by molar-refractivity contribution is 5.14. The van der Waals surface area contributed by atoms with Crippen LogP contribution in [0.15, 0.2) is 60.7 Å². The van der Waals surface area contributed by atoms with Gasteiger partial charge in [-0.05, 0) is 17.5 Å². The molecule has 1 aliphatic rings. The summed E-state index contributed by atoms with van der Waals surface area (Å²) in [6, 6.07) is 19.9. The third-order valence-electron chi connectivity index (χ3n) is 4.27. The molecular formula is C20H24FNO2. The summed E-state index contributed by atoms with van der Waals surface area (Å²) in [6.07, 6.45) is -0.406. The summed E-state index contributed by atoms with van der Waals surface area (Å²) < 4.78 is 25.4. The summed E-state index contributed by atoms with van der Waals surface area (Å²) in [5.74, 6) is 0. The number of rotatable bonds is 7. The van der Waals surface area contributed by atoms with Crippen LogP contribution in [0, 0.1) is 0 Å². The molecule has 1 fully saturated rings. The summed E-state index contributed by atoms with van der Waals surface area (Å²) in [4.78, 5) is 0. The van der Waals surface area contributed by atoms with E-state index in [-0.39, 0.29) is 18.8 Å². The molecule has 0 radical (unpaired) electrons. The van der Waals surface area contributed by atoms with Crippen LogP contribution in [0.1, 0.15) is 17.5 Å². The third-order valence-corrected chi connectivity index (χ3v) is 4.27. The van der Waals surface area contributed by atoms with Crippen LogP contribution in [0.2, 0.25) is 0 Å². The third kappa shape index (κ3) is 5.13. The van der Waals surface area contributed by atoms with E-state index in [0.29, 0.717) is 26.2 Å². The van der Waals surface area contributed by atoms with Gasteiger partial charge in [-0.25, -0.2) is 4.39 Å². The molecule has 1 saturated heterocycles. The molecule has 0 aliphatic carbocycles. The van der Waals surface area contributed by atoms with Gasteiger partial charge in [0.25, 0.3) is 0 Å². The quantitative estimate of drug-likeness (QED) is 0.843. The van der Waals surface area contributed by atoms with Gasteiger partial charge in [0.05, 0.1) is 25.9 Å². The molecule has 3 rings (SSSR count). The molecule has 2 aromatic carbocycles. The van der Waals surface area contributed by atoms with E-state index < -0.39 is 6.17 Å². The number of nitrogens with one attached hydrogen (secondary N) is 1. The Bertz CT molecular complexity index is 593. The Balaban J connectivity index is 1.43. The monoisotopic (exact) mass is 329 g/mol. The van der Waals surface area contributed by atoms with Gasteiger partial charge in [0, 0.05) is 12.6 Å². The Morgan fingerprint density at radius 2 is 1.67 bits per heavy atom. The van der Waals surface area contributed by atoms with Crippen molar-refractivity contribution in [2.75, 3.05) is 13.2 Å². The summed E-state index contributed by atoms with van der Waals surface area (Å²) in [5, 5.41) is 3.32. The smallest absolute Gasteiger partial charge is 0.139 e. The maximum atomic E-state index is 14.1. The minimum atomic E-state index is -0.973.